The average Bonchev–Trinajstić information content (AvgIpc) is 3.26. The van der Waals surface area contributed by atoms with E-state index < -0.39 is 0 Å². The Bertz CT molecular complexity index is 378. The number of guanidine groups is 1. The van der Waals surface area contributed by atoms with Crippen LogP contribution in [0.1, 0.15) is 51.4 Å². The van der Waals surface area contributed by atoms with Gasteiger partial charge >= 0.3 is 0 Å². The number of aliphatic imine (C=N–C) groups is 1. The summed E-state index contributed by atoms with van der Waals surface area (Å²) in [4.78, 5) is 9.68. The van der Waals surface area contributed by atoms with Gasteiger partial charge in [-0.25, -0.2) is 0 Å². The fourth-order valence-corrected chi connectivity index (χ4v) is 4.41. The van der Waals surface area contributed by atoms with Crippen LogP contribution in [0.5, 0.6) is 0 Å². The molecule has 1 atom stereocenters. The van der Waals surface area contributed by atoms with Crippen molar-refractivity contribution in [1.82, 2.24) is 20.4 Å². The first-order valence-electron chi connectivity index (χ1n) is 9.79. The van der Waals surface area contributed by atoms with Gasteiger partial charge in [-0.1, -0.05) is 19.3 Å². The summed E-state index contributed by atoms with van der Waals surface area (Å²) in [5, 5.41) is 7.14. The SMILES string of the molecule is CN=C(NCCN1CCCCC1)NC1CCN(C2CCCC2)C1.I. The molecule has 2 N–H and O–H groups in total. The van der Waals surface area contributed by atoms with Crippen molar-refractivity contribution in [1.29, 1.82) is 0 Å². The highest BCUT2D eigenvalue weighted by Crippen LogP contribution is 2.26. The maximum atomic E-state index is 4.41. The molecule has 0 bridgehead atoms. The molecule has 1 saturated carbocycles. The first-order chi connectivity index (χ1) is 11.3. The number of likely N-dealkylation sites (tertiary alicyclic amines) is 2. The van der Waals surface area contributed by atoms with Gasteiger partial charge in [0.2, 0.25) is 0 Å². The fourth-order valence-electron chi connectivity index (χ4n) is 4.41. The largest absolute Gasteiger partial charge is 0.355 e. The topological polar surface area (TPSA) is 42.9 Å². The predicted molar refractivity (Wildman–Crippen MR) is 112 cm³/mol. The van der Waals surface area contributed by atoms with Gasteiger partial charge in [0.15, 0.2) is 5.96 Å². The summed E-state index contributed by atoms with van der Waals surface area (Å²) in [7, 11) is 1.89. The van der Waals surface area contributed by atoms with Crippen LogP contribution < -0.4 is 10.6 Å². The summed E-state index contributed by atoms with van der Waals surface area (Å²) in [5.74, 6) is 0.986. The van der Waals surface area contributed by atoms with Crippen molar-refractivity contribution in [2.45, 2.75) is 63.5 Å². The lowest BCUT2D eigenvalue weighted by Crippen LogP contribution is -2.47. The molecule has 0 aromatic carbocycles. The monoisotopic (exact) mass is 449 g/mol. The highest BCUT2D eigenvalue weighted by Gasteiger charge is 2.30. The van der Waals surface area contributed by atoms with Crippen LogP contribution in [-0.2, 0) is 0 Å². The molecule has 0 aromatic heterocycles. The van der Waals surface area contributed by atoms with Gasteiger partial charge < -0.3 is 15.5 Å². The highest BCUT2D eigenvalue weighted by molar-refractivity contribution is 14.0. The standard InChI is InChI=1S/C18H35N5.HI/c1-19-18(20-10-14-22-11-5-2-6-12-22)21-16-9-13-23(15-16)17-7-3-4-8-17;/h16-17H,2-15H2,1H3,(H2,19,20,21);1H. The molecule has 3 fully saturated rings. The van der Waals surface area contributed by atoms with Crippen LogP contribution in [0.4, 0.5) is 0 Å². The van der Waals surface area contributed by atoms with Crippen molar-refractivity contribution < 1.29 is 0 Å². The highest BCUT2D eigenvalue weighted by atomic mass is 127. The average molecular weight is 449 g/mol. The summed E-state index contributed by atoms with van der Waals surface area (Å²) >= 11 is 0. The first kappa shape index (κ1) is 20.2. The number of hydrogen-bond donors (Lipinski definition) is 2. The lowest BCUT2D eigenvalue weighted by Gasteiger charge is -2.27. The molecule has 140 valence electrons. The second-order valence-corrected chi connectivity index (χ2v) is 7.46. The lowest BCUT2D eigenvalue weighted by atomic mass is 10.1. The van der Waals surface area contributed by atoms with E-state index in [1.54, 1.807) is 0 Å². The van der Waals surface area contributed by atoms with Gasteiger partial charge in [-0.15, -0.1) is 24.0 Å². The Hall–Kier alpha value is -0.0800. The molecular weight excluding hydrogens is 413 g/mol. The molecular formula is C18H36IN5. The minimum Gasteiger partial charge on any atom is -0.355 e. The van der Waals surface area contributed by atoms with Gasteiger partial charge in [0, 0.05) is 45.3 Å². The Morgan fingerprint density at radius 3 is 2.46 bits per heavy atom. The van der Waals surface area contributed by atoms with Crippen LogP contribution in [0, 0.1) is 0 Å². The van der Waals surface area contributed by atoms with Crippen LogP contribution in [0.2, 0.25) is 0 Å². The molecule has 3 aliphatic rings. The Morgan fingerprint density at radius 1 is 1.00 bits per heavy atom. The van der Waals surface area contributed by atoms with E-state index in [1.165, 1.54) is 77.5 Å². The van der Waals surface area contributed by atoms with E-state index >= 15 is 0 Å². The Labute approximate surface area is 165 Å². The molecule has 24 heavy (non-hydrogen) atoms. The molecule has 1 aliphatic carbocycles. The predicted octanol–water partition coefficient (Wildman–Crippen LogP) is 2.27. The zero-order valence-electron chi connectivity index (χ0n) is 15.3. The van der Waals surface area contributed by atoms with E-state index in [0.717, 1.165) is 25.1 Å². The second-order valence-electron chi connectivity index (χ2n) is 7.46. The van der Waals surface area contributed by atoms with E-state index in [2.05, 4.69) is 25.4 Å². The number of nitrogens with zero attached hydrogens (tertiary/aromatic N) is 3. The maximum absolute atomic E-state index is 4.41. The summed E-state index contributed by atoms with van der Waals surface area (Å²) in [5.41, 5.74) is 0. The van der Waals surface area contributed by atoms with Crippen LogP contribution in [-0.4, -0.2) is 74.2 Å². The zero-order valence-corrected chi connectivity index (χ0v) is 17.6. The normalized spacial score (nSPS) is 27.2. The number of hydrogen-bond acceptors (Lipinski definition) is 3. The van der Waals surface area contributed by atoms with Crippen LogP contribution >= 0.6 is 24.0 Å². The van der Waals surface area contributed by atoms with E-state index in [0.29, 0.717) is 6.04 Å². The Balaban J connectivity index is 0.00000208. The van der Waals surface area contributed by atoms with Crippen molar-refractivity contribution in [3.63, 3.8) is 0 Å². The second kappa shape index (κ2) is 10.8. The summed E-state index contributed by atoms with van der Waals surface area (Å²) in [6.07, 6.45) is 11.1. The minimum absolute atomic E-state index is 0. The maximum Gasteiger partial charge on any atom is 0.191 e. The first-order valence-corrected chi connectivity index (χ1v) is 9.79. The molecule has 0 amide bonds. The van der Waals surface area contributed by atoms with Gasteiger partial charge in [0.05, 0.1) is 0 Å². The third-order valence-corrected chi connectivity index (χ3v) is 5.79. The van der Waals surface area contributed by atoms with Gasteiger partial charge in [0.1, 0.15) is 0 Å². The smallest absolute Gasteiger partial charge is 0.191 e. The van der Waals surface area contributed by atoms with Crippen molar-refractivity contribution in [2.75, 3.05) is 46.3 Å². The molecule has 0 aromatic rings. The molecule has 0 spiro atoms. The van der Waals surface area contributed by atoms with Gasteiger partial charge in [-0.2, -0.15) is 0 Å². The molecule has 3 rings (SSSR count). The zero-order chi connectivity index (χ0) is 15.9. The third kappa shape index (κ3) is 6.02. The van der Waals surface area contributed by atoms with Gasteiger partial charge in [-0.3, -0.25) is 9.89 Å². The molecule has 5 nitrogen and oxygen atoms in total. The van der Waals surface area contributed by atoms with Crippen molar-refractivity contribution in [3.8, 4) is 0 Å². The molecule has 2 aliphatic heterocycles. The number of nitrogens with one attached hydrogen (secondary N) is 2. The fraction of sp³-hybridized carbons (Fsp3) is 0.944. The Kier molecular flexibility index (Phi) is 9.11. The molecule has 0 radical (unpaired) electrons. The molecule has 6 heteroatoms. The summed E-state index contributed by atoms with van der Waals surface area (Å²) < 4.78 is 0. The van der Waals surface area contributed by atoms with Crippen molar-refractivity contribution in [2.24, 2.45) is 4.99 Å². The minimum atomic E-state index is 0. The van der Waals surface area contributed by atoms with Crippen LogP contribution in [0.3, 0.4) is 0 Å². The van der Waals surface area contributed by atoms with Crippen molar-refractivity contribution in [3.05, 3.63) is 0 Å². The van der Waals surface area contributed by atoms with E-state index in [9.17, 15) is 0 Å². The van der Waals surface area contributed by atoms with Crippen LogP contribution in [0.15, 0.2) is 4.99 Å². The van der Waals surface area contributed by atoms with E-state index in [1.807, 2.05) is 7.05 Å². The van der Waals surface area contributed by atoms with E-state index in [-0.39, 0.29) is 24.0 Å². The third-order valence-electron chi connectivity index (χ3n) is 5.79. The lowest BCUT2D eigenvalue weighted by molar-refractivity contribution is 0.232. The van der Waals surface area contributed by atoms with Gasteiger partial charge in [-0.05, 0) is 45.2 Å². The van der Waals surface area contributed by atoms with Crippen molar-refractivity contribution >= 4 is 29.9 Å². The summed E-state index contributed by atoms with van der Waals surface area (Å²) in [6, 6.07) is 1.42. The van der Waals surface area contributed by atoms with Crippen LogP contribution in [0.25, 0.3) is 0 Å². The quantitative estimate of drug-likeness (QED) is 0.384. The number of rotatable bonds is 5. The van der Waals surface area contributed by atoms with E-state index in [4.69, 9.17) is 0 Å². The van der Waals surface area contributed by atoms with Gasteiger partial charge in [0.25, 0.3) is 0 Å². The molecule has 2 heterocycles. The molecule has 1 unspecified atom stereocenters. The summed E-state index contributed by atoms with van der Waals surface area (Å²) in [6.45, 7) is 7.13. The number of halogens is 1. The Morgan fingerprint density at radius 2 is 1.75 bits per heavy atom. The molecule has 2 saturated heterocycles. The number of piperidine rings is 1.